The molecule has 2 atom stereocenters. The van der Waals surface area contributed by atoms with Gasteiger partial charge in [-0.25, -0.2) is 0 Å². The summed E-state index contributed by atoms with van der Waals surface area (Å²) < 4.78 is 0. The standard InChI is InChI=1S/C7H14O3/c1-2-3-6(9)7(10)4-5-8/h2,6-10H,1,3-5H2. The van der Waals surface area contributed by atoms with Crippen LogP contribution in [0.25, 0.3) is 0 Å². The second kappa shape index (κ2) is 5.41. The van der Waals surface area contributed by atoms with E-state index in [1.54, 1.807) is 0 Å². The van der Waals surface area contributed by atoms with E-state index in [-0.39, 0.29) is 13.0 Å². The minimum atomic E-state index is -0.831. The Morgan fingerprint density at radius 3 is 2.30 bits per heavy atom. The molecule has 0 fully saturated rings. The molecular formula is C7H14O3. The van der Waals surface area contributed by atoms with Gasteiger partial charge in [-0.05, 0) is 12.8 Å². The lowest BCUT2D eigenvalue weighted by Gasteiger charge is -2.14. The number of hydrogen-bond acceptors (Lipinski definition) is 3. The van der Waals surface area contributed by atoms with Gasteiger partial charge in [-0.2, -0.15) is 0 Å². The van der Waals surface area contributed by atoms with Gasteiger partial charge in [-0.15, -0.1) is 6.58 Å². The highest BCUT2D eigenvalue weighted by Crippen LogP contribution is 2.02. The Labute approximate surface area is 60.6 Å². The molecule has 0 saturated carbocycles. The van der Waals surface area contributed by atoms with Gasteiger partial charge in [0.2, 0.25) is 0 Å². The Bertz CT molecular complexity index is 92.9. The molecule has 0 aliphatic carbocycles. The average Bonchev–Trinajstić information content (AvgIpc) is 1.89. The first-order chi connectivity index (χ1) is 4.72. The smallest absolute Gasteiger partial charge is 0.0834 e. The van der Waals surface area contributed by atoms with Gasteiger partial charge < -0.3 is 15.3 Å². The molecule has 0 saturated heterocycles. The van der Waals surface area contributed by atoms with Crippen molar-refractivity contribution in [2.24, 2.45) is 0 Å². The molecule has 10 heavy (non-hydrogen) atoms. The highest BCUT2D eigenvalue weighted by atomic mass is 16.3. The van der Waals surface area contributed by atoms with Crippen molar-refractivity contribution in [3.8, 4) is 0 Å². The van der Waals surface area contributed by atoms with Crippen molar-refractivity contribution in [1.29, 1.82) is 0 Å². The van der Waals surface area contributed by atoms with Crippen LogP contribution in [0.5, 0.6) is 0 Å². The van der Waals surface area contributed by atoms with Crippen LogP contribution in [0.1, 0.15) is 12.8 Å². The van der Waals surface area contributed by atoms with Gasteiger partial charge in [-0.1, -0.05) is 6.08 Å². The van der Waals surface area contributed by atoms with Crippen molar-refractivity contribution in [2.75, 3.05) is 6.61 Å². The van der Waals surface area contributed by atoms with Gasteiger partial charge in [-0.3, -0.25) is 0 Å². The lowest BCUT2D eigenvalue weighted by Crippen LogP contribution is -2.25. The normalized spacial score (nSPS) is 16.3. The molecule has 0 spiro atoms. The summed E-state index contributed by atoms with van der Waals surface area (Å²) in [5.74, 6) is 0. The van der Waals surface area contributed by atoms with Gasteiger partial charge in [0.25, 0.3) is 0 Å². The van der Waals surface area contributed by atoms with Crippen LogP contribution in [0, 0.1) is 0 Å². The molecule has 0 bridgehead atoms. The van der Waals surface area contributed by atoms with Crippen molar-refractivity contribution < 1.29 is 15.3 Å². The first kappa shape index (κ1) is 9.62. The SMILES string of the molecule is C=CCC(O)C(O)CCO. The van der Waals surface area contributed by atoms with Gasteiger partial charge in [0.1, 0.15) is 0 Å². The largest absolute Gasteiger partial charge is 0.396 e. The third-order valence-electron chi connectivity index (χ3n) is 1.28. The highest BCUT2D eigenvalue weighted by molar-refractivity contribution is 4.76. The molecule has 0 rings (SSSR count). The fourth-order valence-electron chi connectivity index (χ4n) is 0.653. The second-order valence-electron chi connectivity index (χ2n) is 2.17. The maximum atomic E-state index is 9.02. The van der Waals surface area contributed by atoms with E-state index in [2.05, 4.69) is 6.58 Å². The summed E-state index contributed by atoms with van der Waals surface area (Å²) in [7, 11) is 0. The third kappa shape index (κ3) is 3.61. The summed E-state index contributed by atoms with van der Waals surface area (Å²) in [6.45, 7) is 3.31. The number of hydrogen-bond donors (Lipinski definition) is 3. The molecular weight excluding hydrogens is 132 g/mol. The zero-order valence-electron chi connectivity index (χ0n) is 5.90. The topological polar surface area (TPSA) is 60.7 Å². The highest BCUT2D eigenvalue weighted by Gasteiger charge is 2.12. The summed E-state index contributed by atoms with van der Waals surface area (Å²) in [5.41, 5.74) is 0. The maximum Gasteiger partial charge on any atom is 0.0834 e. The summed E-state index contributed by atoms with van der Waals surface area (Å²) in [5, 5.41) is 26.4. The van der Waals surface area contributed by atoms with Crippen LogP contribution in [0.2, 0.25) is 0 Å². The van der Waals surface area contributed by atoms with Crippen molar-refractivity contribution in [3.63, 3.8) is 0 Å². The van der Waals surface area contributed by atoms with E-state index in [1.165, 1.54) is 6.08 Å². The minimum Gasteiger partial charge on any atom is -0.396 e. The Morgan fingerprint density at radius 1 is 1.30 bits per heavy atom. The number of rotatable bonds is 5. The molecule has 3 N–H and O–H groups in total. The average molecular weight is 146 g/mol. The summed E-state index contributed by atoms with van der Waals surface area (Å²) in [4.78, 5) is 0. The molecule has 0 amide bonds. The fraction of sp³-hybridized carbons (Fsp3) is 0.714. The zero-order chi connectivity index (χ0) is 7.98. The zero-order valence-corrected chi connectivity index (χ0v) is 5.90. The molecule has 0 aromatic carbocycles. The van der Waals surface area contributed by atoms with Crippen LogP contribution in [-0.2, 0) is 0 Å². The quantitative estimate of drug-likeness (QED) is 0.465. The monoisotopic (exact) mass is 146 g/mol. The van der Waals surface area contributed by atoms with Crippen molar-refractivity contribution in [3.05, 3.63) is 12.7 Å². The molecule has 0 radical (unpaired) electrons. The lowest BCUT2D eigenvalue weighted by molar-refractivity contribution is 0.00748. The molecule has 0 aromatic heterocycles. The van der Waals surface area contributed by atoms with Gasteiger partial charge in [0, 0.05) is 6.61 Å². The number of aliphatic hydroxyl groups is 3. The Kier molecular flexibility index (Phi) is 5.20. The summed E-state index contributed by atoms with van der Waals surface area (Å²) in [6.07, 6.45) is 0.495. The Morgan fingerprint density at radius 2 is 1.90 bits per heavy atom. The molecule has 0 aromatic rings. The van der Waals surface area contributed by atoms with Crippen LogP contribution in [0.15, 0.2) is 12.7 Å². The van der Waals surface area contributed by atoms with E-state index in [0.29, 0.717) is 6.42 Å². The van der Waals surface area contributed by atoms with E-state index < -0.39 is 12.2 Å². The van der Waals surface area contributed by atoms with Crippen LogP contribution >= 0.6 is 0 Å². The predicted molar refractivity (Wildman–Crippen MR) is 38.5 cm³/mol. The molecule has 3 nitrogen and oxygen atoms in total. The second-order valence-corrected chi connectivity index (χ2v) is 2.17. The molecule has 2 unspecified atom stereocenters. The Hall–Kier alpha value is -0.380. The Balaban J connectivity index is 3.47. The van der Waals surface area contributed by atoms with E-state index >= 15 is 0 Å². The van der Waals surface area contributed by atoms with Gasteiger partial charge in [0.15, 0.2) is 0 Å². The van der Waals surface area contributed by atoms with E-state index in [4.69, 9.17) is 15.3 Å². The molecule has 60 valence electrons. The lowest BCUT2D eigenvalue weighted by atomic mass is 10.1. The van der Waals surface area contributed by atoms with E-state index in [1.807, 2.05) is 0 Å². The minimum absolute atomic E-state index is 0.102. The fourth-order valence-corrected chi connectivity index (χ4v) is 0.653. The molecule has 0 aliphatic heterocycles. The summed E-state index contributed by atoms with van der Waals surface area (Å²) in [6, 6.07) is 0. The van der Waals surface area contributed by atoms with Crippen molar-refractivity contribution in [2.45, 2.75) is 25.0 Å². The first-order valence-corrected chi connectivity index (χ1v) is 3.30. The van der Waals surface area contributed by atoms with Gasteiger partial charge >= 0.3 is 0 Å². The van der Waals surface area contributed by atoms with Crippen LogP contribution in [0.4, 0.5) is 0 Å². The predicted octanol–water partition coefficient (Wildman–Crippen LogP) is -0.333. The number of aliphatic hydroxyl groups excluding tert-OH is 3. The van der Waals surface area contributed by atoms with Gasteiger partial charge in [0.05, 0.1) is 12.2 Å². The first-order valence-electron chi connectivity index (χ1n) is 3.30. The maximum absolute atomic E-state index is 9.02. The van der Waals surface area contributed by atoms with Crippen LogP contribution in [0.3, 0.4) is 0 Å². The third-order valence-corrected chi connectivity index (χ3v) is 1.28. The van der Waals surface area contributed by atoms with Crippen molar-refractivity contribution >= 4 is 0 Å². The van der Waals surface area contributed by atoms with Crippen LogP contribution in [-0.4, -0.2) is 34.1 Å². The molecule has 3 heteroatoms. The van der Waals surface area contributed by atoms with Crippen molar-refractivity contribution in [1.82, 2.24) is 0 Å². The van der Waals surface area contributed by atoms with E-state index in [9.17, 15) is 0 Å². The summed E-state index contributed by atoms with van der Waals surface area (Å²) >= 11 is 0. The molecule has 0 aliphatic rings. The van der Waals surface area contributed by atoms with E-state index in [0.717, 1.165) is 0 Å². The molecule has 0 heterocycles. The van der Waals surface area contributed by atoms with Crippen LogP contribution < -0.4 is 0 Å².